The fourth-order valence-electron chi connectivity index (χ4n) is 1.72. The van der Waals surface area contributed by atoms with E-state index in [1.165, 1.54) is 6.20 Å². The molecule has 0 atom stereocenters. The first-order chi connectivity index (χ1) is 8.18. The van der Waals surface area contributed by atoms with Crippen LogP contribution in [0.1, 0.15) is 21.5 Å². The molecule has 17 heavy (non-hydrogen) atoms. The molecule has 2 aromatic rings. The van der Waals surface area contributed by atoms with E-state index in [1.54, 1.807) is 6.07 Å². The molecular weight excluding hydrogens is 218 g/mol. The van der Waals surface area contributed by atoms with E-state index in [-0.39, 0.29) is 5.56 Å². The molecular formula is C13H11NO3. The average Bonchev–Trinajstić information content (AvgIpc) is 2.30. The summed E-state index contributed by atoms with van der Waals surface area (Å²) in [4.78, 5) is 24.8. The highest BCUT2D eigenvalue weighted by Crippen LogP contribution is 2.10. The summed E-state index contributed by atoms with van der Waals surface area (Å²) in [6.45, 7) is 0. The van der Waals surface area contributed by atoms with Crippen molar-refractivity contribution in [3.63, 3.8) is 0 Å². The first-order valence-corrected chi connectivity index (χ1v) is 5.16. The molecule has 1 heterocycles. The molecule has 0 fully saturated rings. The van der Waals surface area contributed by atoms with Crippen molar-refractivity contribution in [3.8, 4) is 0 Å². The quantitative estimate of drug-likeness (QED) is 0.840. The monoisotopic (exact) mass is 229 g/mol. The van der Waals surface area contributed by atoms with E-state index >= 15 is 0 Å². The minimum Gasteiger partial charge on any atom is -0.477 e. The van der Waals surface area contributed by atoms with Crippen molar-refractivity contribution in [1.82, 2.24) is 4.98 Å². The van der Waals surface area contributed by atoms with Crippen LogP contribution >= 0.6 is 0 Å². The second-order valence-electron chi connectivity index (χ2n) is 3.67. The zero-order chi connectivity index (χ0) is 12.3. The maximum Gasteiger partial charge on any atom is 0.341 e. The molecule has 0 spiro atoms. The summed E-state index contributed by atoms with van der Waals surface area (Å²) in [5, 5.41) is 9.00. The lowest BCUT2D eigenvalue weighted by molar-refractivity contribution is 0.0694. The van der Waals surface area contributed by atoms with Gasteiger partial charge in [-0.15, -0.1) is 0 Å². The van der Waals surface area contributed by atoms with Crippen LogP contribution in [-0.2, 0) is 6.42 Å². The van der Waals surface area contributed by atoms with Crippen LogP contribution in [-0.4, -0.2) is 16.1 Å². The van der Waals surface area contributed by atoms with E-state index < -0.39 is 11.5 Å². The minimum absolute atomic E-state index is 0.184. The number of carboxylic acid groups (broad SMARTS) is 1. The molecule has 0 amide bonds. The van der Waals surface area contributed by atoms with Crippen LogP contribution in [0.2, 0.25) is 0 Å². The van der Waals surface area contributed by atoms with Gasteiger partial charge in [-0.2, -0.15) is 0 Å². The second kappa shape index (κ2) is 4.65. The Morgan fingerprint density at radius 3 is 2.53 bits per heavy atom. The van der Waals surface area contributed by atoms with Crippen molar-refractivity contribution in [2.24, 2.45) is 0 Å². The summed E-state index contributed by atoms with van der Waals surface area (Å²) in [6.07, 6.45) is 1.90. The number of aromatic carboxylic acids is 1. The molecule has 0 aliphatic rings. The SMILES string of the molecule is O=C(O)c1c(Cc2ccccc2)cc[nH]c1=O. The summed E-state index contributed by atoms with van der Waals surface area (Å²) in [5.41, 5.74) is 0.746. The molecule has 0 radical (unpaired) electrons. The van der Waals surface area contributed by atoms with E-state index in [9.17, 15) is 9.59 Å². The Labute approximate surface area is 97.6 Å². The van der Waals surface area contributed by atoms with Gasteiger partial charge in [0, 0.05) is 6.20 Å². The molecule has 0 unspecified atom stereocenters. The zero-order valence-electron chi connectivity index (χ0n) is 9.01. The molecule has 1 aromatic heterocycles. The van der Waals surface area contributed by atoms with Gasteiger partial charge in [-0.05, 0) is 23.6 Å². The lowest BCUT2D eigenvalue weighted by Gasteiger charge is -2.04. The highest BCUT2D eigenvalue weighted by atomic mass is 16.4. The number of aromatic nitrogens is 1. The minimum atomic E-state index is -1.20. The number of H-pyrrole nitrogens is 1. The van der Waals surface area contributed by atoms with Crippen molar-refractivity contribution >= 4 is 5.97 Å². The molecule has 0 bridgehead atoms. The summed E-state index contributed by atoms with van der Waals surface area (Å²) in [7, 11) is 0. The third-order valence-corrected chi connectivity index (χ3v) is 2.50. The van der Waals surface area contributed by atoms with E-state index in [2.05, 4.69) is 4.98 Å². The van der Waals surface area contributed by atoms with Crippen molar-refractivity contribution in [1.29, 1.82) is 0 Å². The van der Waals surface area contributed by atoms with Gasteiger partial charge in [0.1, 0.15) is 5.56 Å². The number of nitrogens with one attached hydrogen (secondary N) is 1. The maximum absolute atomic E-state index is 11.4. The highest BCUT2D eigenvalue weighted by molar-refractivity contribution is 5.88. The lowest BCUT2D eigenvalue weighted by atomic mass is 10.0. The van der Waals surface area contributed by atoms with Gasteiger partial charge in [0.05, 0.1) is 0 Å². The molecule has 86 valence electrons. The first-order valence-electron chi connectivity index (χ1n) is 5.16. The fraction of sp³-hybridized carbons (Fsp3) is 0.0769. The van der Waals surface area contributed by atoms with Crippen LogP contribution in [0.15, 0.2) is 47.4 Å². The van der Waals surface area contributed by atoms with Gasteiger partial charge >= 0.3 is 5.97 Å². The number of benzene rings is 1. The van der Waals surface area contributed by atoms with E-state index in [4.69, 9.17) is 5.11 Å². The zero-order valence-corrected chi connectivity index (χ0v) is 9.01. The number of carbonyl (C=O) groups is 1. The predicted molar refractivity (Wildman–Crippen MR) is 63.3 cm³/mol. The lowest BCUT2D eigenvalue weighted by Crippen LogP contribution is -2.19. The van der Waals surface area contributed by atoms with Gasteiger partial charge in [0.25, 0.3) is 5.56 Å². The standard InChI is InChI=1S/C13H11NO3/c15-12-11(13(16)17)10(6-7-14-12)8-9-4-2-1-3-5-9/h1-7H,8H2,(H,14,15)(H,16,17). The van der Waals surface area contributed by atoms with Gasteiger partial charge in [0.2, 0.25) is 0 Å². The van der Waals surface area contributed by atoms with Crippen LogP contribution in [0.5, 0.6) is 0 Å². The largest absolute Gasteiger partial charge is 0.477 e. The Balaban J connectivity index is 2.43. The third kappa shape index (κ3) is 2.42. The van der Waals surface area contributed by atoms with Crippen molar-refractivity contribution < 1.29 is 9.90 Å². The van der Waals surface area contributed by atoms with Crippen molar-refractivity contribution in [2.45, 2.75) is 6.42 Å². The number of aromatic amines is 1. The van der Waals surface area contributed by atoms with E-state index in [1.807, 2.05) is 30.3 Å². The van der Waals surface area contributed by atoms with E-state index in [0.29, 0.717) is 12.0 Å². The Bertz CT molecular complexity index is 587. The average molecular weight is 229 g/mol. The number of carboxylic acids is 1. The molecule has 0 aliphatic carbocycles. The summed E-state index contributed by atoms with van der Waals surface area (Å²) in [5.74, 6) is -1.20. The van der Waals surface area contributed by atoms with Crippen LogP contribution in [0.3, 0.4) is 0 Å². The number of pyridine rings is 1. The molecule has 2 rings (SSSR count). The predicted octanol–water partition coefficient (Wildman–Crippen LogP) is 1.66. The number of hydrogen-bond acceptors (Lipinski definition) is 2. The summed E-state index contributed by atoms with van der Waals surface area (Å²) in [6, 6.07) is 11.1. The smallest absolute Gasteiger partial charge is 0.341 e. The van der Waals surface area contributed by atoms with Crippen LogP contribution in [0, 0.1) is 0 Å². The summed E-state index contributed by atoms with van der Waals surface area (Å²) >= 11 is 0. The van der Waals surface area contributed by atoms with Gasteiger partial charge < -0.3 is 10.1 Å². The van der Waals surface area contributed by atoms with Gasteiger partial charge in [-0.1, -0.05) is 30.3 Å². The number of rotatable bonds is 3. The fourth-order valence-corrected chi connectivity index (χ4v) is 1.72. The number of hydrogen-bond donors (Lipinski definition) is 2. The Morgan fingerprint density at radius 2 is 1.88 bits per heavy atom. The molecule has 0 saturated carbocycles. The highest BCUT2D eigenvalue weighted by Gasteiger charge is 2.14. The second-order valence-corrected chi connectivity index (χ2v) is 3.67. The Hall–Kier alpha value is -2.36. The van der Waals surface area contributed by atoms with Crippen molar-refractivity contribution in [2.75, 3.05) is 0 Å². The maximum atomic E-state index is 11.4. The van der Waals surface area contributed by atoms with E-state index in [0.717, 1.165) is 5.56 Å². The summed E-state index contributed by atoms with van der Waals surface area (Å²) < 4.78 is 0. The molecule has 4 heteroatoms. The molecule has 0 aliphatic heterocycles. The van der Waals surface area contributed by atoms with Gasteiger partial charge in [0.15, 0.2) is 0 Å². The first kappa shape index (κ1) is 11.1. The molecule has 0 saturated heterocycles. The normalized spacial score (nSPS) is 10.1. The molecule has 4 nitrogen and oxygen atoms in total. The van der Waals surface area contributed by atoms with Crippen molar-refractivity contribution in [3.05, 3.63) is 69.6 Å². The van der Waals surface area contributed by atoms with Gasteiger partial charge in [-0.25, -0.2) is 4.79 Å². The Morgan fingerprint density at radius 1 is 1.18 bits per heavy atom. The van der Waals surface area contributed by atoms with Crippen LogP contribution in [0.4, 0.5) is 0 Å². The van der Waals surface area contributed by atoms with Gasteiger partial charge in [-0.3, -0.25) is 4.79 Å². The topological polar surface area (TPSA) is 70.2 Å². The molecule has 1 aromatic carbocycles. The third-order valence-electron chi connectivity index (χ3n) is 2.50. The van der Waals surface area contributed by atoms with Crippen LogP contribution < -0.4 is 5.56 Å². The molecule has 2 N–H and O–H groups in total. The Kier molecular flexibility index (Phi) is 3.05. The van der Waals surface area contributed by atoms with Crippen LogP contribution in [0.25, 0.3) is 0 Å².